The van der Waals surface area contributed by atoms with E-state index in [4.69, 9.17) is 4.98 Å². The summed E-state index contributed by atoms with van der Waals surface area (Å²) < 4.78 is 0. The van der Waals surface area contributed by atoms with Crippen molar-refractivity contribution in [3.05, 3.63) is 70.6 Å². The first-order chi connectivity index (χ1) is 14.6. The van der Waals surface area contributed by atoms with Gasteiger partial charge in [-0.25, -0.2) is 4.98 Å². The zero-order valence-corrected chi connectivity index (χ0v) is 18.0. The number of hydrogen-bond donors (Lipinski definition) is 1. The van der Waals surface area contributed by atoms with Gasteiger partial charge >= 0.3 is 0 Å². The molecule has 2 aromatic carbocycles. The summed E-state index contributed by atoms with van der Waals surface area (Å²) in [6.07, 6.45) is 3.95. The Labute approximate surface area is 180 Å². The molecule has 30 heavy (non-hydrogen) atoms. The number of carbonyl (C=O) groups is 1. The minimum atomic E-state index is -0.0815. The van der Waals surface area contributed by atoms with Crippen LogP contribution < -0.4 is 5.32 Å². The molecule has 0 radical (unpaired) electrons. The average Bonchev–Trinajstić information content (AvgIpc) is 3.17. The van der Waals surface area contributed by atoms with Crippen molar-refractivity contribution in [2.75, 3.05) is 18.4 Å². The van der Waals surface area contributed by atoms with E-state index in [1.54, 1.807) is 0 Å². The van der Waals surface area contributed by atoms with Gasteiger partial charge in [0.15, 0.2) is 0 Å². The predicted molar refractivity (Wildman–Crippen MR) is 125 cm³/mol. The van der Waals surface area contributed by atoms with E-state index in [0.29, 0.717) is 4.88 Å². The summed E-state index contributed by atoms with van der Waals surface area (Å²) in [7, 11) is 0. The van der Waals surface area contributed by atoms with Gasteiger partial charge in [-0.1, -0.05) is 30.2 Å². The van der Waals surface area contributed by atoms with Crippen LogP contribution in [-0.2, 0) is 6.54 Å². The van der Waals surface area contributed by atoms with Crippen LogP contribution in [0.25, 0.3) is 21.1 Å². The number of hydrogen-bond acceptors (Lipinski definition) is 4. The van der Waals surface area contributed by atoms with E-state index in [-0.39, 0.29) is 5.91 Å². The third kappa shape index (κ3) is 4.09. The van der Waals surface area contributed by atoms with Crippen LogP contribution in [0.4, 0.5) is 5.69 Å². The topological polar surface area (TPSA) is 45.2 Å². The quantitative estimate of drug-likeness (QED) is 0.445. The maximum absolute atomic E-state index is 12.8. The predicted octanol–water partition coefficient (Wildman–Crippen LogP) is 6.00. The summed E-state index contributed by atoms with van der Waals surface area (Å²) in [5, 5.41) is 5.15. The zero-order valence-electron chi connectivity index (χ0n) is 17.1. The average molecular weight is 416 g/mol. The number of anilines is 1. The van der Waals surface area contributed by atoms with Gasteiger partial charge < -0.3 is 5.32 Å². The second-order valence-electron chi connectivity index (χ2n) is 8.18. The molecule has 3 heterocycles. The smallest absolute Gasteiger partial charge is 0.265 e. The fourth-order valence-corrected chi connectivity index (χ4v) is 5.05. The number of carbonyl (C=O) groups excluding carboxylic acids is 1. The molecule has 0 spiro atoms. The van der Waals surface area contributed by atoms with Crippen molar-refractivity contribution < 1.29 is 4.79 Å². The maximum atomic E-state index is 12.8. The first-order valence-corrected chi connectivity index (χ1v) is 11.4. The molecular formula is C25H25N3OS. The molecule has 0 atom stereocenters. The van der Waals surface area contributed by atoms with Gasteiger partial charge in [-0.3, -0.25) is 9.69 Å². The Morgan fingerprint density at radius 2 is 1.80 bits per heavy atom. The van der Waals surface area contributed by atoms with Gasteiger partial charge in [0.25, 0.3) is 5.91 Å². The summed E-state index contributed by atoms with van der Waals surface area (Å²) in [6.45, 7) is 5.44. The molecule has 1 N–H and O–H groups in total. The van der Waals surface area contributed by atoms with Crippen LogP contribution in [0.3, 0.4) is 0 Å². The van der Waals surface area contributed by atoms with Crippen molar-refractivity contribution in [1.82, 2.24) is 9.88 Å². The molecule has 4 nitrogen and oxygen atoms in total. The van der Waals surface area contributed by atoms with E-state index in [9.17, 15) is 4.79 Å². The number of piperidine rings is 1. The van der Waals surface area contributed by atoms with E-state index in [1.807, 2.05) is 24.3 Å². The normalized spacial score (nSPS) is 15.0. The molecule has 1 fully saturated rings. The first kappa shape index (κ1) is 19.2. The lowest BCUT2D eigenvalue weighted by Gasteiger charge is -2.26. The molecule has 2 aromatic heterocycles. The molecule has 0 saturated carbocycles. The number of amides is 1. The molecule has 1 aliphatic heterocycles. The highest BCUT2D eigenvalue weighted by molar-refractivity contribution is 7.20. The van der Waals surface area contributed by atoms with E-state index in [2.05, 4.69) is 47.5 Å². The minimum Gasteiger partial charge on any atom is -0.321 e. The van der Waals surface area contributed by atoms with E-state index in [1.165, 1.54) is 54.8 Å². The molecule has 152 valence electrons. The Morgan fingerprint density at radius 3 is 2.60 bits per heavy atom. The molecule has 0 aliphatic carbocycles. The highest BCUT2D eigenvalue weighted by Crippen LogP contribution is 2.28. The Kier molecular flexibility index (Phi) is 5.23. The van der Waals surface area contributed by atoms with Crippen LogP contribution >= 0.6 is 11.3 Å². The van der Waals surface area contributed by atoms with Crippen LogP contribution in [0.2, 0.25) is 0 Å². The Morgan fingerprint density at radius 1 is 1.00 bits per heavy atom. The molecule has 5 rings (SSSR count). The summed E-state index contributed by atoms with van der Waals surface area (Å²) in [6, 6.07) is 18.5. The molecule has 1 amide bonds. The van der Waals surface area contributed by atoms with Crippen molar-refractivity contribution in [3.8, 4) is 0 Å². The fraction of sp³-hybridized carbons (Fsp3) is 0.280. The molecule has 4 aromatic rings. The summed E-state index contributed by atoms with van der Waals surface area (Å²) in [5.74, 6) is -0.0815. The number of aromatic nitrogens is 1. The number of pyridine rings is 1. The van der Waals surface area contributed by atoms with E-state index >= 15 is 0 Å². The SMILES string of the molecule is Cc1ccc2nc3sc(C(=O)Nc4ccc(CN5CCCCC5)cc4)cc3cc2c1. The van der Waals surface area contributed by atoms with E-state index in [0.717, 1.165) is 33.4 Å². The van der Waals surface area contributed by atoms with Gasteiger partial charge in [0.05, 0.1) is 10.4 Å². The zero-order chi connectivity index (χ0) is 20.5. The molecule has 1 aliphatic rings. The van der Waals surface area contributed by atoms with Gasteiger partial charge in [0.1, 0.15) is 4.83 Å². The fourth-order valence-electron chi connectivity index (χ4n) is 4.13. The number of likely N-dealkylation sites (tertiary alicyclic amines) is 1. The Bertz CT molecular complexity index is 1210. The van der Waals surface area contributed by atoms with Gasteiger partial charge in [-0.15, -0.1) is 11.3 Å². The Hall–Kier alpha value is -2.76. The molecular weight excluding hydrogens is 390 g/mol. The van der Waals surface area contributed by atoms with Crippen LogP contribution in [0.5, 0.6) is 0 Å². The molecule has 1 saturated heterocycles. The van der Waals surface area contributed by atoms with Crippen LogP contribution in [0.15, 0.2) is 54.6 Å². The standard InChI is InChI=1S/C25H25N3OS/c1-17-5-10-22-19(13-17)14-20-15-23(30-25(20)27-22)24(29)26-21-8-6-18(7-9-21)16-28-11-3-2-4-12-28/h5-10,13-15H,2-4,11-12,16H2,1H3,(H,26,29). The lowest BCUT2D eigenvalue weighted by Crippen LogP contribution is -2.29. The summed E-state index contributed by atoms with van der Waals surface area (Å²) in [4.78, 5) is 21.6. The molecule has 0 unspecified atom stereocenters. The molecule has 0 bridgehead atoms. The highest BCUT2D eigenvalue weighted by Gasteiger charge is 2.13. The van der Waals surface area contributed by atoms with Gasteiger partial charge in [0.2, 0.25) is 0 Å². The minimum absolute atomic E-state index is 0.0815. The van der Waals surface area contributed by atoms with Crippen molar-refractivity contribution in [1.29, 1.82) is 0 Å². The highest BCUT2D eigenvalue weighted by atomic mass is 32.1. The van der Waals surface area contributed by atoms with Crippen molar-refractivity contribution in [2.45, 2.75) is 32.7 Å². The number of thiophene rings is 1. The summed E-state index contributed by atoms with van der Waals surface area (Å²) >= 11 is 1.44. The van der Waals surface area contributed by atoms with Gasteiger partial charge in [-0.05, 0) is 74.8 Å². The lowest BCUT2D eigenvalue weighted by molar-refractivity contribution is 0.103. The number of rotatable bonds is 4. The number of benzene rings is 2. The van der Waals surface area contributed by atoms with Crippen molar-refractivity contribution in [2.24, 2.45) is 0 Å². The third-order valence-electron chi connectivity index (χ3n) is 5.75. The van der Waals surface area contributed by atoms with Gasteiger partial charge in [0, 0.05) is 23.0 Å². The van der Waals surface area contributed by atoms with Crippen LogP contribution in [-0.4, -0.2) is 28.9 Å². The lowest BCUT2D eigenvalue weighted by atomic mass is 10.1. The summed E-state index contributed by atoms with van der Waals surface area (Å²) in [5.41, 5.74) is 4.29. The number of aryl methyl sites for hydroxylation is 1. The number of nitrogens with one attached hydrogen (secondary N) is 1. The van der Waals surface area contributed by atoms with Crippen LogP contribution in [0.1, 0.15) is 40.1 Å². The largest absolute Gasteiger partial charge is 0.321 e. The number of nitrogens with zero attached hydrogens (tertiary/aromatic N) is 2. The van der Waals surface area contributed by atoms with Crippen molar-refractivity contribution >= 4 is 44.1 Å². The maximum Gasteiger partial charge on any atom is 0.265 e. The van der Waals surface area contributed by atoms with Crippen LogP contribution in [0, 0.1) is 6.92 Å². The second-order valence-corrected chi connectivity index (χ2v) is 9.21. The first-order valence-electron chi connectivity index (χ1n) is 10.6. The van der Waals surface area contributed by atoms with E-state index < -0.39 is 0 Å². The third-order valence-corrected chi connectivity index (χ3v) is 6.79. The number of fused-ring (bicyclic) bond motifs is 2. The Balaban J connectivity index is 1.30. The van der Waals surface area contributed by atoms with Crippen molar-refractivity contribution in [3.63, 3.8) is 0 Å². The monoisotopic (exact) mass is 415 g/mol. The molecule has 5 heteroatoms. The van der Waals surface area contributed by atoms with Gasteiger partial charge in [-0.2, -0.15) is 0 Å². The second kappa shape index (κ2) is 8.17.